The van der Waals surface area contributed by atoms with E-state index in [0.29, 0.717) is 6.54 Å². The maximum atomic E-state index is 5.87. The van der Waals surface area contributed by atoms with E-state index in [9.17, 15) is 0 Å². The Morgan fingerprint density at radius 1 is 1.16 bits per heavy atom. The van der Waals surface area contributed by atoms with Crippen molar-refractivity contribution in [3.05, 3.63) is 34.5 Å². The van der Waals surface area contributed by atoms with Gasteiger partial charge in [-0.3, -0.25) is 0 Å². The zero-order valence-electron chi connectivity index (χ0n) is 12.1. The monoisotopic (exact) mass is 259 g/mol. The normalized spacial score (nSPS) is 11.0. The van der Waals surface area contributed by atoms with Gasteiger partial charge < -0.3 is 5.73 Å². The van der Waals surface area contributed by atoms with Gasteiger partial charge in [0.25, 0.3) is 0 Å². The van der Waals surface area contributed by atoms with Gasteiger partial charge >= 0.3 is 0 Å². The van der Waals surface area contributed by atoms with Crippen molar-refractivity contribution in [1.82, 2.24) is 19.7 Å². The number of aromatic nitrogens is 4. The molecule has 0 aliphatic rings. The summed E-state index contributed by atoms with van der Waals surface area (Å²) in [6.45, 7) is 8.63. The molecule has 19 heavy (non-hydrogen) atoms. The van der Waals surface area contributed by atoms with Crippen molar-refractivity contribution < 1.29 is 0 Å². The first-order chi connectivity index (χ1) is 9.10. The molecule has 0 spiro atoms. The van der Waals surface area contributed by atoms with E-state index < -0.39 is 0 Å². The van der Waals surface area contributed by atoms with E-state index >= 15 is 0 Å². The van der Waals surface area contributed by atoms with Crippen LogP contribution in [-0.2, 0) is 19.4 Å². The molecule has 0 atom stereocenters. The van der Waals surface area contributed by atoms with Crippen LogP contribution < -0.4 is 5.73 Å². The van der Waals surface area contributed by atoms with Crippen LogP contribution in [0.3, 0.4) is 0 Å². The standard InChI is InChI=1S/C14H21N5/c1-5-12-17-13(6-2)19(18-12)14-11(8-15)9(3)7-10(4)16-14/h7H,5-6,8,15H2,1-4H3. The Morgan fingerprint density at radius 3 is 2.47 bits per heavy atom. The second-order valence-corrected chi connectivity index (χ2v) is 4.65. The molecule has 0 aromatic carbocycles. The number of pyridine rings is 1. The Morgan fingerprint density at radius 2 is 1.89 bits per heavy atom. The SMILES string of the molecule is CCc1nc(CC)n(-c2nc(C)cc(C)c2CN)n1. The number of nitrogens with two attached hydrogens (primary N) is 1. The van der Waals surface area contributed by atoms with Gasteiger partial charge in [-0.15, -0.1) is 5.10 Å². The maximum Gasteiger partial charge on any atom is 0.160 e. The smallest absolute Gasteiger partial charge is 0.160 e. The zero-order chi connectivity index (χ0) is 14.0. The van der Waals surface area contributed by atoms with Gasteiger partial charge in [0.1, 0.15) is 5.82 Å². The van der Waals surface area contributed by atoms with Gasteiger partial charge in [0.2, 0.25) is 0 Å². The van der Waals surface area contributed by atoms with E-state index in [1.54, 1.807) is 0 Å². The molecular formula is C14H21N5. The Balaban J connectivity index is 2.66. The van der Waals surface area contributed by atoms with Gasteiger partial charge in [-0.05, 0) is 25.5 Å². The van der Waals surface area contributed by atoms with Crippen molar-refractivity contribution >= 4 is 0 Å². The molecule has 0 bridgehead atoms. The second-order valence-electron chi connectivity index (χ2n) is 4.65. The van der Waals surface area contributed by atoms with Crippen molar-refractivity contribution in [2.75, 3.05) is 0 Å². The molecule has 0 saturated heterocycles. The second kappa shape index (κ2) is 5.48. The average molecular weight is 259 g/mol. The van der Waals surface area contributed by atoms with Gasteiger partial charge in [-0.25, -0.2) is 9.97 Å². The summed E-state index contributed by atoms with van der Waals surface area (Å²) in [4.78, 5) is 9.14. The van der Waals surface area contributed by atoms with Crippen LogP contribution >= 0.6 is 0 Å². The van der Waals surface area contributed by atoms with Crippen LogP contribution in [0.15, 0.2) is 6.07 Å². The molecule has 0 radical (unpaired) electrons. The number of rotatable bonds is 4. The number of hydrogen-bond donors (Lipinski definition) is 1. The lowest BCUT2D eigenvalue weighted by atomic mass is 10.1. The van der Waals surface area contributed by atoms with Crippen LogP contribution in [-0.4, -0.2) is 19.7 Å². The first-order valence-corrected chi connectivity index (χ1v) is 6.73. The minimum absolute atomic E-state index is 0.457. The molecule has 5 nitrogen and oxygen atoms in total. The summed E-state index contributed by atoms with van der Waals surface area (Å²) in [6, 6.07) is 2.05. The van der Waals surface area contributed by atoms with E-state index in [1.165, 1.54) is 0 Å². The summed E-state index contributed by atoms with van der Waals surface area (Å²) in [6.07, 6.45) is 1.65. The number of aryl methyl sites for hydroxylation is 4. The van der Waals surface area contributed by atoms with E-state index in [1.807, 2.05) is 11.6 Å². The summed E-state index contributed by atoms with van der Waals surface area (Å²) >= 11 is 0. The highest BCUT2D eigenvalue weighted by atomic mass is 15.4. The van der Waals surface area contributed by atoms with Gasteiger partial charge in [0.05, 0.1) is 0 Å². The Labute approximate surface area is 113 Å². The van der Waals surface area contributed by atoms with Gasteiger partial charge in [-0.1, -0.05) is 13.8 Å². The predicted octanol–water partition coefficient (Wildman–Crippen LogP) is 1.86. The molecule has 2 aromatic rings. The molecule has 0 saturated carbocycles. The van der Waals surface area contributed by atoms with Crippen LogP contribution in [0.5, 0.6) is 0 Å². The summed E-state index contributed by atoms with van der Waals surface area (Å²) in [7, 11) is 0. The lowest BCUT2D eigenvalue weighted by molar-refractivity contribution is 0.750. The largest absolute Gasteiger partial charge is 0.326 e. The van der Waals surface area contributed by atoms with Crippen LogP contribution in [0.1, 0.15) is 42.3 Å². The molecule has 2 N–H and O–H groups in total. The summed E-state index contributed by atoms with van der Waals surface area (Å²) < 4.78 is 1.85. The molecular weight excluding hydrogens is 238 g/mol. The quantitative estimate of drug-likeness (QED) is 0.910. The first-order valence-electron chi connectivity index (χ1n) is 6.73. The Hall–Kier alpha value is -1.75. The molecule has 2 aromatic heterocycles. The first kappa shape index (κ1) is 13.7. The fourth-order valence-corrected chi connectivity index (χ4v) is 2.21. The van der Waals surface area contributed by atoms with Crippen LogP contribution in [0.4, 0.5) is 0 Å². The van der Waals surface area contributed by atoms with Crippen LogP contribution in [0.2, 0.25) is 0 Å². The Bertz CT molecular complexity index is 586. The zero-order valence-corrected chi connectivity index (χ0v) is 12.1. The van der Waals surface area contributed by atoms with E-state index in [2.05, 4.69) is 41.9 Å². The highest BCUT2D eigenvalue weighted by Crippen LogP contribution is 2.18. The molecule has 2 rings (SSSR count). The third kappa shape index (κ3) is 2.51. The molecule has 102 valence electrons. The fourth-order valence-electron chi connectivity index (χ4n) is 2.21. The molecule has 0 amide bonds. The third-order valence-electron chi connectivity index (χ3n) is 3.21. The van der Waals surface area contributed by atoms with Crippen molar-refractivity contribution in [3.63, 3.8) is 0 Å². The Kier molecular flexibility index (Phi) is 3.95. The predicted molar refractivity (Wildman–Crippen MR) is 75.3 cm³/mol. The van der Waals surface area contributed by atoms with Gasteiger partial charge in [0, 0.05) is 30.6 Å². The molecule has 0 unspecified atom stereocenters. The average Bonchev–Trinajstić information content (AvgIpc) is 2.81. The van der Waals surface area contributed by atoms with E-state index in [0.717, 1.165) is 47.1 Å². The maximum absolute atomic E-state index is 5.87. The topological polar surface area (TPSA) is 69.6 Å². The van der Waals surface area contributed by atoms with Gasteiger partial charge in [-0.2, -0.15) is 4.68 Å². The lowest BCUT2D eigenvalue weighted by Gasteiger charge is -2.12. The van der Waals surface area contributed by atoms with E-state index in [-0.39, 0.29) is 0 Å². The highest BCUT2D eigenvalue weighted by molar-refractivity contribution is 5.41. The third-order valence-corrected chi connectivity index (χ3v) is 3.21. The molecule has 0 aliphatic heterocycles. The molecule has 0 aliphatic carbocycles. The van der Waals surface area contributed by atoms with Crippen molar-refractivity contribution in [1.29, 1.82) is 0 Å². The number of hydrogen-bond acceptors (Lipinski definition) is 4. The van der Waals surface area contributed by atoms with Crippen LogP contribution in [0, 0.1) is 13.8 Å². The van der Waals surface area contributed by atoms with E-state index in [4.69, 9.17) is 5.73 Å². The van der Waals surface area contributed by atoms with Crippen molar-refractivity contribution in [2.45, 2.75) is 47.1 Å². The molecule has 5 heteroatoms. The minimum Gasteiger partial charge on any atom is -0.326 e. The summed E-state index contributed by atoms with van der Waals surface area (Å²) in [5, 5.41) is 4.55. The molecule has 0 fully saturated rings. The van der Waals surface area contributed by atoms with Crippen molar-refractivity contribution in [3.8, 4) is 5.82 Å². The lowest BCUT2D eigenvalue weighted by Crippen LogP contribution is -2.13. The van der Waals surface area contributed by atoms with Crippen LogP contribution in [0.25, 0.3) is 5.82 Å². The summed E-state index contributed by atoms with van der Waals surface area (Å²) in [5.74, 6) is 2.61. The van der Waals surface area contributed by atoms with Gasteiger partial charge in [0.15, 0.2) is 11.6 Å². The minimum atomic E-state index is 0.457. The number of nitrogens with zero attached hydrogens (tertiary/aromatic N) is 4. The summed E-state index contributed by atoms with van der Waals surface area (Å²) in [5.41, 5.74) is 9.03. The highest BCUT2D eigenvalue weighted by Gasteiger charge is 2.15. The fraction of sp³-hybridized carbons (Fsp3) is 0.500. The van der Waals surface area contributed by atoms with Crippen molar-refractivity contribution in [2.24, 2.45) is 5.73 Å². The molecule has 2 heterocycles.